The number of nitrogens with zero attached hydrogens (tertiary/aromatic N) is 3. The standard InChI is InChI=1S/C19H25N3/c1-14-12-17-18(13-15(14)2)22(11-7-6-10-20)19(21-17)16-8-4-3-5-9-16/h12-13,16H,3-9,11H2,1-2H3. The van der Waals surface area contributed by atoms with Crippen LogP contribution in [0.5, 0.6) is 0 Å². The SMILES string of the molecule is Cc1cc2nc(C3CCCCC3)n(CCCC#N)c2cc1C. The molecule has 0 atom stereocenters. The van der Waals surface area contributed by atoms with Crippen molar-refractivity contribution in [1.29, 1.82) is 5.26 Å². The van der Waals surface area contributed by atoms with Gasteiger partial charge in [-0.15, -0.1) is 0 Å². The maximum absolute atomic E-state index is 8.83. The third-order valence-corrected chi connectivity index (χ3v) is 5.03. The highest BCUT2D eigenvalue weighted by Crippen LogP contribution is 2.34. The normalized spacial score (nSPS) is 16.0. The van der Waals surface area contributed by atoms with E-state index in [4.69, 9.17) is 10.2 Å². The maximum Gasteiger partial charge on any atom is 0.112 e. The number of fused-ring (bicyclic) bond motifs is 1. The summed E-state index contributed by atoms with van der Waals surface area (Å²) < 4.78 is 2.40. The molecule has 2 aromatic rings. The van der Waals surface area contributed by atoms with E-state index in [9.17, 15) is 0 Å². The number of rotatable bonds is 4. The lowest BCUT2D eigenvalue weighted by Crippen LogP contribution is -2.12. The molecule has 22 heavy (non-hydrogen) atoms. The van der Waals surface area contributed by atoms with Crippen LogP contribution in [0.15, 0.2) is 12.1 Å². The van der Waals surface area contributed by atoms with Crippen LogP contribution in [0.1, 0.15) is 67.8 Å². The van der Waals surface area contributed by atoms with E-state index in [0.29, 0.717) is 12.3 Å². The summed E-state index contributed by atoms with van der Waals surface area (Å²) in [5.74, 6) is 1.86. The Kier molecular flexibility index (Phi) is 4.47. The van der Waals surface area contributed by atoms with Crippen LogP contribution in [-0.2, 0) is 6.54 Å². The van der Waals surface area contributed by atoms with Crippen LogP contribution in [-0.4, -0.2) is 9.55 Å². The molecule has 0 bridgehead atoms. The van der Waals surface area contributed by atoms with Gasteiger partial charge in [0.2, 0.25) is 0 Å². The number of imidazole rings is 1. The Hall–Kier alpha value is -1.82. The van der Waals surface area contributed by atoms with E-state index in [1.165, 1.54) is 54.6 Å². The van der Waals surface area contributed by atoms with Crippen molar-refractivity contribution in [2.45, 2.75) is 71.3 Å². The Morgan fingerprint density at radius 2 is 1.91 bits per heavy atom. The summed E-state index contributed by atoms with van der Waals surface area (Å²) >= 11 is 0. The van der Waals surface area contributed by atoms with Crippen LogP contribution < -0.4 is 0 Å². The van der Waals surface area contributed by atoms with Gasteiger partial charge in [0.25, 0.3) is 0 Å². The van der Waals surface area contributed by atoms with Crippen LogP contribution in [0, 0.1) is 25.2 Å². The molecule has 1 saturated carbocycles. The summed E-state index contributed by atoms with van der Waals surface area (Å²) in [7, 11) is 0. The average molecular weight is 295 g/mol. The minimum absolute atomic E-state index is 0.601. The second-order valence-corrected chi connectivity index (χ2v) is 6.64. The van der Waals surface area contributed by atoms with E-state index in [2.05, 4.69) is 36.6 Å². The number of aryl methyl sites for hydroxylation is 3. The van der Waals surface area contributed by atoms with Crippen molar-refractivity contribution in [2.75, 3.05) is 0 Å². The summed E-state index contributed by atoms with van der Waals surface area (Å²) in [6.45, 7) is 5.24. The van der Waals surface area contributed by atoms with Gasteiger partial charge in [-0.05, 0) is 56.4 Å². The number of nitriles is 1. The van der Waals surface area contributed by atoms with Crippen LogP contribution >= 0.6 is 0 Å². The molecule has 0 unspecified atom stereocenters. The van der Waals surface area contributed by atoms with Gasteiger partial charge in [-0.25, -0.2) is 4.98 Å². The molecule has 1 fully saturated rings. The van der Waals surface area contributed by atoms with Crippen LogP contribution in [0.25, 0.3) is 11.0 Å². The predicted octanol–water partition coefficient (Wildman–Crippen LogP) is 5.00. The maximum atomic E-state index is 8.83. The van der Waals surface area contributed by atoms with Crippen LogP contribution in [0.4, 0.5) is 0 Å². The molecule has 0 spiro atoms. The fourth-order valence-corrected chi connectivity index (χ4v) is 3.62. The van der Waals surface area contributed by atoms with Gasteiger partial charge in [-0.1, -0.05) is 19.3 Å². The first kappa shape index (κ1) is 15.1. The highest BCUT2D eigenvalue weighted by atomic mass is 15.1. The first-order chi connectivity index (χ1) is 10.7. The van der Waals surface area contributed by atoms with Gasteiger partial charge in [0, 0.05) is 18.9 Å². The number of hydrogen-bond donors (Lipinski definition) is 0. The minimum atomic E-state index is 0.601. The molecule has 3 rings (SSSR count). The predicted molar refractivity (Wildman–Crippen MR) is 89.9 cm³/mol. The van der Waals surface area contributed by atoms with Crippen molar-refractivity contribution in [3.8, 4) is 6.07 Å². The molecule has 116 valence electrons. The summed E-state index contributed by atoms with van der Waals surface area (Å²) in [6.07, 6.45) is 8.07. The minimum Gasteiger partial charge on any atom is -0.328 e. The van der Waals surface area contributed by atoms with E-state index in [-0.39, 0.29) is 0 Å². The third-order valence-electron chi connectivity index (χ3n) is 5.03. The molecule has 3 heteroatoms. The lowest BCUT2D eigenvalue weighted by molar-refractivity contribution is 0.415. The van der Waals surface area contributed by atoms with Gasteiger partial charge in [0.1, 0.15) is 5.82 Å². The van der Waals surface area contributed by atoms with Crippen molar-refractivity contribution >= 4 is 11.0 Å². The molecule has 1 aliphatic rings. The number of hydrogen-bond acceptors (Lipinski definition) is 2. The quantitative estimate of drug-likeness (QED) is 0.744. The largest absolute Gasteiger partial charge is 0.328 e. The highest BCUT2D eigenvalue weighted by molar-refractivity contribution is 5.78. The Bertz CT molecular complexity index is 700. The molecule has 1 heterocycles. The Balaban J connectivity index is 2.04. The Labute approximate surface area is 133 Å². The van der Waals surface area contributed by atoms with Gasteiger partial charge in [0.05, 0.1) is 17.1 Å². The zero-order valence-electron chi connectivity index (χ0n) is 13.7. The molecule has 3 nitrogen and oxygen atoms in total. The summed E-state index contributed by atoms with van der Waals surface area (Å²) in [5.41, 5.74) is 5.01. The van der Waals surface area contributed by atoms with Gasteiger partial charge in [0.15, 0.2) is 0 Å². The smallest absolute Gasteiger partial charge is 0.112 e. The van der Waals surface area contributed by atoms with Crippen molar-refractivity contribution in [2.24, 2.45) is 0 Å². The highest BCUT2D eigenvalue weighted by Gasteiger charge is 2.22. The van der Waals surface area contributed by atoms with Crippen LogP contribution in [0.2, 0.25) is 0 Å². The molecule has 0 N–H and O–H groups in total. The molecule has 0 amide bonds. The molecule has 0 aliphatic heterocycles. The zero-order chi connectivity index (χ0) is 15.5. The van der Waals surface area contributed by atoms with E-state index in [1.807, 2.05) is 0 Å². The molecule has 0 radical (unpaired) electrons. The molecule has 0 saturated heterocycles. The number of aromatic nitrogens is 2. The number of benzene rings is 1. The van der Waals surface area contributed by atoms with Crippen molar-refractivity contribution < 1.29 is 0 Å². The molecule has 1 aromatic carbocycles. The monoisotopic (exact) mass is 295 g/mol. The Morgan fingerprint density at radius 3 is 2.64 bits per heavy atom. The van der Waals surface area contributed by atoms with Crippen molar-refractivity contribution in [3.05, 3.63) is 29.1 Å². The first-order valence-electron chi connectivity index (χ1n) is 8.55. The molecular weight excluding hydrogens is 270 g/mol. The van der Waals surface area contributed by atoms with Gasteiger partial charge in [-0.2, -0.15) is 5.26 Å². The summed E-state index contributed by atoms with van der Waals surface area (Å²) in [5, 5.41) is 8.83. The lowest BCUT2D eigenvalue weighted by Gasteiger charge is -2.22. The van der Waals surface area contributed by atoms with Crippen molar-refractivity contribution in [1.82, 2.24) is 9.55 Å². The van der Waals surface area contributed by atoms with Gasteiger partial charge >= 0.3 is 0 Å². The third kappa shape index (κ3) is 2.88. The average Bonchev–Trinajstić information content (AvgIpc) is 2.87. The second-order valence-electron chi connectivity index (χ2n) is 6.64. The molecular formula is C19H25N3. The topological polar surface area (TPSA) is 41.6 Å². The fourth-order valence-electron chi connectivity index (χ4n) is 3.62. The summed E-state index contributed by atoms with van der Waals surface area (Å²) in [4.78, 5) is 5.00. The second kappa shape index (κ2) is 6.52. The van der Waals surface area contributed by atoms with E-state index in [1.54, 1.807) is 0 Å². The van der Waals surface area contributed by atoms with E-state index in [0.717, 1.165) is 18.5 Å². The fraction of sp³-hybridized carbons (Fsp3) is 0.579. The van der Waals surface area contributed by atoms with Crippen LogP contribution in [0.3, 0.4) is 0 Å². The molecule has 1 aliphatic carbocycles. The van der Waals surface area contributed by atoms with Gasteiger partial charge in [-0.3, -0.25) is 0 Å². The van der Waals surface area contributed by atoms with E-state index >= 15 is 0 Å². The zero-order valence-corrected chi connectivity index (χ0v) is 13.7. The molecule has 1 aromatic heterocycles. The number of unbranched alkanes of at least 4 members (excludes halogenated alkanes) is 1. The Morgan fingerprint density at radius 1 is 1.18 bits per heavy atom. The first-order valence-corrected chi connectivity index (χ1v) is 8.55. The van der Waals surface area contributed by atoms with Gasteiger partial charge < -0.3 is 4.57 Å². The van der Waals surface area contributed by atoms with Crippen molar-refractivity contribution in [3.63, 3.8) is 0 Å². The lowest BCUT2D eigenvalue weighted by atomic mass is 9.88. The summed E-state index contributed by atoms with van der Waals surface area (Å²) in [6, 6.07) is 6.76. The van der Waals surface area contributed by atoms with E-state index < -0.39 is 0 Å².